The maximum absolute atomic E-state index is 5.45. The van der Waals surface area contributed by atoms with Gasteiger partial charge >= 0.3 is 6.01 Å². The summed E-state index contributed by atoms with van der Waals surface area (Å²) in [5, 5.41) is 14.0. The van der Waals surface area contributed by atoms with Crippen LogP contribution in [0.3, 0.4) is 0 Å². The van der Waals surface area contributed by atoms with E-state index >= 15 is 0 Å². The van der Waals surface area contributed by atoms with Crippen molar-refractivity contribution >= 4 is 6.01 Å². The lowest BCUT2D eigenvalue weighted by molar-refractivity contribution is 0.198. The van der Waals surface area contributed by atoms with Crippen molar-refractivity contribution in [1.82, 2.24) is 20.5 Å². The summed E-state index contributed by atoms with van der Waals surface area (Å²) in [5.41, 5.74) is 0.994. The van der Waals surface area contributed by atoms with E-state index in [4.69, 9.17) is 13.9 Å². The Kier molecular flexibility index (Phi) is 5.92. The number of nitrogens with zero attached hydrogens (tertiary/aromatic N) is 3. The molecule has 0 bridgehead atoms. The first-order chi connectivity index (χ1) is 10.3. The first kappa shape index (κ1) is 15.2. The number of ether oxygens (including phenoxy) is 2. The predicted octanol–water partition coefficient (Wildman–Crippen LogP) is 0.821. The van der Waals surface area contributed by atoms with Gasteiger partial charge in [-0.25, -0.2) is 4.98 Å². The quantitative estimate of drug-likeness (QED) is 0.656. The maximum atomic E-state index is 5.45. The van der Waals surface area contributed by atoms with Crippen molar-refractivity contribution in [3.05, 3.63) is 29.8 Å². The van der Waals surface area contributed by atoms with Gasteiger partial charge in [0.2, 0.25) is 11.8 Å². The first-order valence-corrected chi connectivity index (χ1v) is 6.56. The molecule has 0 aliphatic carbocycles. The molecule has 0 unspecified atom stereocenters. The summed E-state index contributed by atoms with van der Waals surface area (Å²) < 4.78 is 15.4. The molecule has 2 N–H and O–H groups in total. The Morgan fingerprint density at radius 2 is 2.10 bits per heavy atom. The van der Waals surface area contributed by atoms with Crippen LogP contribution >= 0.6 is 0 Å². The Hall–Kier alpha value is -2.19. The molecule has 8 nitrogen and oxygen atoms in total. The third-order valence-electron chi connectivity index (χ3n) is 2.68. The van der Waals surface area contributed by atoms with Crippen molar-refractivity contribution < 1.29 is 13.9 Å². The van der Waals surface area contributed by atoms with E-state index in [1.807, 2.05) is 6.07 Å². The van der Waals surface area contributed by atoms with E-state index in [2.05, 4.69) is 25.8 Å². The number of nitrogens with one attached hydrogen (secondary N) is 2. The zero-order valence-corrected chi connectivity index (χ0v) is 12.1. The Bertz CT molecular complexity index is 529. The van der Waals surface area contributed by atoms with Crippen molar-refractivity contribution in [2.24, 2.45) is 0 Å². The minimum atomic E-state index is 0.384. The van der Waals surface area contributed by atoms with Crippen LogP contribution in [0.5, 0.6) is 5.88 Å². The van der Waals surface area contributed by atoms with E-state index in [9.17, 15) is 0 Å². The van der Waals surface area contributed by atoms with E-state index < -0.39 is 0 Å². The number of aromatic nitrogens is 3. The van der Waals surface area contributed by atoms with E-state index in [0.717, 1.165) is 12.1 Å². The van der Waals surface area contributed by atoms with Crippen molar-refractivity contribution in [2.75, 3.05) is 32.7 Å². The molecule has 8 heteroatoms. The molecule has 0 atom stereocenters. The second-order valence-electron chi connectivity index (χ2n) is 4.23. The molecule has 0 spiro atoms. The monoisotopic (exact) mass is 293 g/mol. The molecule has 2 heterocycles. The molecule has 0 fully saturated rings. The maximum Gasteiger partial charge on any atom is 0.315 e. The van der Waals surface area contributed by atoms with Crippen LogP contribution in [-0.2, 0) is 17.8 Å². The van der Waals surface area contributed by atoms with E-state index in [1.165, 1.54) is 0 Å². The molecule has 21 heavy (non-hydrogen) atoms. The van der Waals surface area contributed by atoms with Crippen LogP contribution < -0.4 is 15.4 Å². The molecule has 2 aromatic rings. The van der Waals surface area contributed by atoms with Gasteiger partial charge in [-0.05, 0) is 5.56 Å². The average Bonchev–Trinajstić information content (AvgIpc) is 2.98. The Labute approximate surface area is 122 Å². The summed E-state index contributed by atoms with van der Waals surface area (Å²) in [4.78, 5) is 4.12. The largest absolute Gasteiger partial charge is 0.481 e. The smallest absolute Gasteiger partial charge is 0.315 e. The fourth-order valence-electron chi connectivity index (χ4n) is 1.58. The van der Waals surface area contributed by atoms with Crippen LogP contribution in [0.25, 0.3) is 0 Å². The highest BCUT2D eigenvalue weighted by molar-refractivity contribution is 5.24. The van der Waals surface area contributed by atoms with Crippen LogP contribution in [-0.4, -0.2) is 42.6 Å². The highest BCUT2D eigenvalue weighted by Gasteiger charge is 2.05. The summed E-state index contributed by atoms with van der Waals surface area (Å²) in [5.74, 6) is 1.11. The average molecular weight is 293 g/mol. The number of hydrogen-bond acceptors (Lipinski definition) is 8. The second-order valence-corrected chi connectivity index (χ2v) is 4.23. The molecular formula is C13H19N5O3. The molecule has 0 aliphatic rings. The zero-order valence-electron chi connectivity index (χ0n) is 12.1. The Morgan fingerprint density at radius 1 is 1.19 bits per heavy atom. The predicted molar refractivity (Wildman–Crippen MR) is 76.0 cm³/mol. The third-order valence-corrected chi connectivity index (χ3v) is 2.68. The van der Waals surface area contributed by atoms with Crippen LogP contribution in [0, 0.1) is 0 Å². The standard InChI is InChI=1S/C13H19N5O3/c1-19-6-5-14-9-12-17-18-13(21-12)16-8-10-3-4-11(20-2)15-7-10/h3-4,7,14H,5-6,8-9H2,1-2H3,(H,16,18). The number of rotatable bonds is 9. The normalized spacial score (nSPS) is 10.6. The summed E-state index contributed by atoms with van der Waals surface area (Å²) in [7, 11) is 3.24. The molecule has 0 aliphatic heterocycles. The summed E-state index contributed by atoms with van der Waals surface area (Å²) in [6, 6.07) is 4.10. The van der Waals surface area contributed by atoms with Gasteiger partial charge in [-0.15, -0.1) is 5.10 Å². The minimum Gasteiger partial charge on any atom is -0.481 e. The first-order valence-electron chi connectivity index (χ1n) is 6.56. The van der Waals surface area contributed by atoms with Gasteiger partial charge in [0, 0.05) is 32.5 Å². The van der Waals surface area contributed by atoms with Crippen LogP contribution in [0.4, 0.5) is 6.01 Å². The van der Waals surface area contributed by atoms with Gasteiger partial charge in [-0.3, -0.25) is 0 Å². The number of anilines is 1. The zero-order chi connectivity index (χ0) is 14.9. The van der Waals surface area contributed by atoms with Gasteiger partial charge in [0.05, 0.1) is 20.3 Å². The van der Waals surface area contributed by atoms with Gasteiger partial charge in [-0.1, -0.05) is 11.2 Å². The SMILES string of the molecule is COCCNCc1nnc(NCc2ccc(OC)nc2)o1. The molecule has 0 aromatic carbocycles. The van der Waals surface area contributed by atoms with Crippen molar-refractivity contribution in [1.29, 1.82) is 0 Å². The molecule has 2 rings (SSSR count). The van der Waals surface area contributed by atoms with Gasteiger partial charge in [0.15, 0.2) is 0 Å². The topological polar surface area (TPSA) is 94.3 Å². The number of hydrogen-bond donors (Lipinski definition) is 2. The van der Waals surface area contributed by atoms with Crippen LogP contribution in [0.1, 0.15) is 11.5 Å². The lowest BCUT2D eigenvalue weighted by Crippen LogP contribution is -2.18. The van der Waals surface area contributed by atoms with Crippen molar-refractivity contribution in [3.8, 4) is 5.88 Å². The third kappa shape index (κ3) is 5.01. The fourth-order valence-corrected chi connectivity index (χ4v) is 1.58. The van der Waals surface area contributed by atoms with E-state index in [0.29, 0.717) is 37.5 Å². The highest BCUT2D eigenvalue weighted by Crippen LogP contribution is 2.10. The molecule has 0 saturated heterocycles. The lowest BCUT2D eigenvalue weighted by atomic mass is 10.3. The van der Waals surface area contributed by atoms with E-state index in [-0.39, 0.29) is 0 Å². The van der Waals surface area contributed by atoms with Crippen molar-refractivity contribution in [2.45, 2.75) is 13.1 Å². The van der Waals surface area contributed by atoms with Gasteiger partial charge in [0.1, 0.15) is 0 Å². The van der Waals surface area contributed by atoms with Crippen LogP contribution in [0.2, 0.25) is 0 Å². The minimum absolute atomic E-state index is 0.384. The Morgan fingerprint density at radius 3 is 2.81 bits per heavy atom. The summed E-state index contributed by atoms with van der Waals surface area (Å²) in [6.45, 7) is 2.45. The molecule has 2 aromatic heterocycles. The Balaban J connectivity index is 1.76. The molecule has 0 radical (unpaired) electrons. The molecule has 0 amide bonds. The molecule has 114 valence electrons. The number of pyridine rings is 1. The summed E-state index contributed by atoms with van der Waals surface area (Å²) >= 11 is 0. The summed E-state index contributed by atoms with van der Waals surface area (Å²) in [6.07, 6.45) is 1.73. The van der Waals surface area contributed by atoms with E-state index in [1.54, 1.807) is 26.5 Å². The number of methoxy groups -OCH3 is 2. The second kappa shape index (κ2) is 8.18. The van der Waals surface area contributed by atoms with Crippen molar-refractivity contribution in [3.63, 3.8) is 0 Å². The molecule has 0 saturated carbocycles. The molecular weight excluding hydrogens is 274 g/mol. The van der Waals surface area contributed by atoms with Gasteiger partial charge in [-0.2, -0.15) is 0 Å². The fraction of sp³-hybridized carbons (Fsp3) is 0.462. The van der Waals surface area contributed by atoms with Gasteiger partial charge in [0.25, 0.3) is 0 Å². The highest BCUT2D eigenvalue weighted by atomic mass is 16.5. The lowest BCUT2D eigenvalue weighted by Gasteiger charge is -2.02. The van der Waals surface area contributed by atoms with Gasteiger partial charge < -0.3 is 24.5 Å². The van der Waals surface area contributed by atoms with Crippen LogP contribution in [0.15, 0.2) is 22.7 Å².